The summed E-state index contributed by atoms with van der Waals surface area (Å²) in [6, 6.07) is 0. The largest absolute Gasteiger partial charge is 0.369 e. The topological polar surface area (TPSA) is 112 Å². The monoisotopic (exact) mass is 131 g/mol. The van der Waals surface area contributed by atoms with E-state index in [1.807, 2.05) is 0 Å². The second kappa shape index (κ2) is 3.03. The third-order valence-corrected chi connectivity index (χ3v) is 0.923. The Bertz CT molecular complexity index is 120. The van der Waals surface area contributed by atoms with E-state index in [0.717, 1.165) is 0 Å². The molecule has 0 spiro atoms. The van der Waals surface area contributed by atoms with Crippen molar-refractivity contribution in [3.8, 4) is 0 Å². The van der Waals surface area contributed by atoms with Gasteiger partial charge in [0.15, 0.2) is 0 Å². The second-order valence-corrected chi connectivity index (χ2v) is 1.59. The van der Waals surface area contributed by atoms with Gasteiger partial charge in [0.2, 0.25) is 11.8 Å². The van der Waals surface area contributed by atoms with Crippen molar-refractivity contribution < 1.29 is 9.59 Å². The van der Waals surface area contributed by atoms with Gasteiger partial charge < -0.3 is 17.2 Å². The number of nitrogens with two attached hydrogens (primary N) is 3. The molecule has 0 unspecified atom stereocenters. The van der Waals surface area contributed by atoms with E-state index >= 15 is 0 Å². The molecule has 0 aliphatic rings. The highest BCUT2D eigenvalue weighted by Crippen LogP contribution is 1.87. The Labute approximate surface area is 52.2 Å². The van der Waals surface area contributed by atoms with Crippen molar-refractivity contribution in [2.45, 2.75) is 0 Å². The van der Waals surface area contributed by atoms with Crippen molar-refractivity contribution in [3.63, 3.8) is 0 Å². The van der Waals surface area contributed by atoms with E-state index in [1.165, 1.54) is 0 Å². The van der Waals surface area contributed by atoms with Crippen molar-refractivity contribution in [3.05, 3.63) is 0 Å². The lowest BCUT2D eigenvalue weighted by molar-refractivity contribution is -0.131. The van der Waals surface area contributed by atoms with Crippen molar-refractivity contribution >= 4 is 11.8 Å². The Balaban J connectivity index is 3.99. The molecule has 0 aliphatic heterocycles. The maximum Gasteiger partial charge on any atom is 0.231 e. The number of primary amides is 2. The maximum atomic E-state index is 10.2. The number of rotatable bonds is 3. The van der Waals surface area contributed by atoms with Crippen LogP contribution in [0.5, 0.6) is 0 Å². The summed E-state index contributed by atoms with van der Waals surface area (Å²) in [6.07, 6.45) is 0. The van der Waals surface area contributed by atoms with Crippen LogP contribution in [0, 0.1) is 5.92 Å². The Hall–Kier alpha value is -1.10. The molecule has 0 atom stereocenters. The summed E-state index contributed by atoms with van der Waals surface area (Å²) in [5, 5.41) is 0. The molecule has 0 rings (SSSR count). The van der Waals surface area contributed by atoms with E-state index in [4.69, 9.17) is 17.2 Å². The van der Waals surface area contributed by atoms with Gasteiger partial charge >= 0.3 is 0 Å². The fraction of sp³-hybridized carbons (Fsp3) is 0.500. The highest BCUT2D eigenvalue weighted by atomic mass is 16.2. The van der Waals surface area contributed by atoms with Crippen LogP contribution < -0.4 is 17.2 Å². The summed E-state index contributed by atoms with van der Waals surface area (Å²) >= 11 is 0. The molecule has 0 radical (unpaired) electrons. The van der Waals surface area contributed by atoms with Gasteiger partial charge in [0, 0.05) is 6.54 Å². The van der Waals surface area contributed by atoms with E-state index in [9.17, 15) is 9.59 Å². The molecule has 5 nitrogen and oxygen atoms in total. The van der Waals surface area contributed by atoms with E-state index in [2.05, 4.69) is 0 Å². The van der Waals surface area contributed by atoms with Crippen LogP contribution in [-0.2, 0) is 9.59 Å². The average molecular weight is 131 g/mol. The van der Waals surface area contributed by atoms with Crippen LogP contribution in [0.15, 0.2) is 0 Å². The zero-order chi connectivity index (χ0) is 7.44. The van der Waals surface area contributed by atoms with E-state index in [0.29, 0.717) is 0 Å². The first-order valence-corrected chi connectivity index (χ1v) is 2.38. The van der Waals surface area contributed by atoms with Gasteiger partial charge in [0.1, 0.15) is 5.92 Å². The number of hydrogen-bond donors (Lipinski definition) is 3. The third-order valence-electron chi connectivity index (χ3n) is 0.923. The summed E-state index contributed by atoms with van der Waals surface area (Å²) < 4.78 is 0. The van der Waals surface area contributed by atoms with Gasteiger partial charge in [0.25, 0.3) is 0 Å². The first-order chi connectivity index (χ1) is 4.09. The first-order valence-electron chi connectivity index (χ1n) is 2.38. The number of hydrogen-bond acceptors (Lipinski definition) is 3. The summed E-state index contributed by atoms with van der Waals surface area (Å²) in [4.78, 5) is 20.4. The van der Waals surface area contributed by atoms with Gasteiger partial charge in [-0.1, -0.05) is 0 Å². The van der Waals surface area contributed by atoms with Crippen molar-refractivity contribution in [1.29, 1.82) is 0 Å². The van der Waals surface area contributed by atoms with Gasteiger partial charge in [-0.25, -0.2) is 0 Å². The summed E-state index contributed by atoms with van der Waals surface area (Å²) in [5.74, 6) is -2.57. The average Bonchev–Trinajstić information content (AvgIpc) is 1.64. The Morgan fingerprint density at radius 3 is 1.56 bits per heavy atom. The van der Waals surface area contributed by atoms with Crippen LogP contribution in [0.25, 0.3) is 0 Å². The molecular formula is C4H9N3O2. The van der Waals surface area contributed by atoms with Crippen molar-refractivity contribution in [2.24, 2.45) is 23.1 Å². The van der Waals surface area contributed by atoms with Crippen LogP contribution in [0.1, 0.15) is 0 Å². The van der Waals surface area contributed by atoms with E-state index in [-0.39, 0.29) is 6.54 Å². The zero-order valence-corrected chi connectivity index (χ0v) is 4.83. The summed E-state index contributed by atoms with van der Waals surface area (Å²) in [6.45, 7) is -0.120. The molecule has 2 amide bonds. The van der Waals surface area contributed by atoms with E-state index in [1.54, 1.807) is 0 Å². The fourth-order valence-corrected chi connectivity index (χ4v) is 0.373. The molecular weight excluding hydrogens is 122 g/mol. The maximum absolute atomic E-state index is 10.2. The molecule has 0 saturated carbocycles. The lowest BCUT2D eigenvalue weighted by Crippen LogP contribution is -2.39. The highest BCUT2D eigenvalue weighted by molar-refractivity contribution is 5.98. The summed E-state index contributed by atoms with van der Waals surface area (Å²) in [7, 11) is 0. The number of carbonyl (C=O) groups excluding carboxylic acids is 2. The Morgan fingerprint density at radius 2 is 1.56 bits per heavy atom. The molecule has 5 heteroatoms. The first kappa shape index (κ1) is 7.90. The lowest BCUT2D eigenvalue weighted by atomic mass is 10.1. The van der Waals surface area contributed by atoms with Crippen LogP contribution in [-0.4, -0.2) is 18.4 Å². The Morgan fingerprint density at radius 1 is 1.22 bits per heavy atom. The van der Waals surface area contributed by atoms with E-state index < -0.39 is 17.7 Å². The second-order valence-electron chi connectivity index (χ2n) is 1.59. The van der Waals surface area contributed by atoms with Crippen molar-refractivity contribution in [1.82, 2.24) is 0 Å². The number of amides is 2. The molecule has 0 aliphatic carbocycles. The van der Waals surface area contributed by atoms with Crippen LogP contribution >= 0.6 is 0 Å². The molecule has 0 bridgehead atoms. The molecule has 0 saturated heterocycles. The summed E-state index contributed by atoms with van der Waals surface area (Å²) in [5.41, 5.74) is 14.4. The zero-order valence-electron chi connectivity index (χ0n) is 4.83. The Kier molecular flexibility index (Phi) is 2.66. The van der Waals surface area contributed by atoms with Gasteiger partial charge in [-0.05, 0) is 0 Å². The highest BCUT2D eigenvalue weighted by Gasteiger charge is 2.18. The minimum Gasteiger partial charge on any atom is -0.369 e. The van der Waals surface area contributed by atoms with Crippen LogP contribution in [0.4, 0.5) is 0 Å². The molecule has 0 heterocycles. The number of carbonyl (C=O) groups is 2. The molecule has 0 aromatic carbocycles. The lowest BCUT2D eigenvalue weighted by Gasteiger charge is -2.02. The molecule has 0 aromatic heterocycles. The molecule has 6 N–H and O–H groups in total. The third kappa shape index (κ3) is 2.09. The molecule has 0 aromatic rings. The normalized spacial score (nSPS) is 9.56. The fourth-order valence-electron chi connectivity index (χ4n) is 0.373. The van der Waals surface area contributed by atoms with Gasteiger partial charge in [-0.2, -0.15) is 0 Å². The molecule has 0 fully saturated rings. The molecule has 52 valence electrons. The van der Waals surface area contributed by atoms with Gasteiger partial charge in [-0.3, -0.25) is 9.59 Å². The predicted octanol–water partition coefficient (Wildman–Crippen LogP) is -2.47. The molecule has 9 heavy (non-hydrogen) atoms. The van der Waals surface area contributed by atoms with Crippen LogP contribution in [0.2, 0.25) is 0 Å². The quantitative estimate of drug-likeness (QED) is 0.369. The van der Waals surface area contributed by atoms with Crippen LogP contribution in [0.3, 0.4) is 0 Å². The van der Waals surface area contributed by atoms with Gasteiger partial charge in [0.05, 0.1) is 0 Å². The smallest absolute Gasteiger partial charge is 0.231 e. The standard InChI is InChI=1S/C4H9N3O2/c5-1-2(3(6)8)4(7)9/h2H,1,5H2,(H2,6,8)(H2,7,9). The minimum absolute atomic E-state index is 0.120. The van der Waals surface area contributed by atoms with Crippen molar-refractivity contribution in [2.75, 3.05) is 6.54 Å². The minimum atomic E-state index is -1.02. The van der Waals surface area contributed by atoms with Gasteiger partial charge in [-0.15, -0.1) is 0 Å². The predicted molar refractivity (Wildman–Crippen MR) is 30.9 cm³/mol. The SMILES string of the molecule is NCC(C(N)=O)C(N)=O.